The van der Waals surface area contributed by atoms with E-state index in [2.05, 4.69) is 12.5 Å². The summed E-state index contributed by atoms with van der Waals surface area (Å²) in [5.41, 5.74) is 0. The predicted octanol–water partition coefficient (Wildman–Crippen LogP) is 0.862. The van der Waals surface area contributed by atoms with Gasteiger partial charge in [0.1, 0.15) is 0 Å². The van der Waals surface area contributed by atoms with Crippen LogP contribution in [-0.4, -0.2) is 45.1 Å². The second kappa shape index (κ2) is 7.89. The Morgan fingerprint density at radius 2 is 0.792 bits per heavy atom. The van der Waals surface area contributed by atoms with Crippen molar-refractivity contribution in [2.24, 2.45) is 0 Å². The third-order valence-electron chi connectivity index (χ3n) is 2.54. The van der Waals surface area contributed by atoms with E-state index in [-0.39, 0.29) is 19.8 Å². The van der Waals surface area contributed by atoms with Gasteiger partial charge in [-0.25, -0.2) is 0 Å². The summed E-state index contributed by atoms with van der Waals surface area (Å²) in [6.07, 6.45) is 0. The van der Waals surface area contributed by atoms with Gasteiger partial charge in [0.25, 0.3) is 30.4 Å². The zero-order valence-electron chi connectivity index (χ0n) is 13.3. The van der Waals surface area contributed by atoms with E-state index in [9.17, 15) is 25.3 Å². The fourth-order valence-corrected chi connectivity index (χ4v) is 4.84. The van der Waals surface area contributed by atoms with Crippen LogP contribution >= 0.6 is 0 Å². The molecule has 0 heterocycles. The lowest BCUT2D eigenvalue weighted by Gasteiger charge is -2.11. The molecule has 0 unspecified atom stereocenters. The maximum Gasteiger partial charge on any atom is 0.297 e. The second-order valence-corrected chi connectivity index (χ2v) is 9.07. The molecule has 1 aromatic carbocycles. The number of hydrogen-bond acceptors (Lipinski definition) is 9. The summed E-state index contributed by atoms with van der Waals surface area (Å²) in [5.74, 6) is 0. The van der Waals surface area contributed by atoms with E-state index in [0.717, 1.165) is 18.2 Å². The summed E-state index contributed by atoms with van der Waals surface area (Å²) in [4.78, 5) is -1.91. The van der Waals surface area contributed by atoms with E-state index < -0.39 is 45.0 Å². The minimum absolute atomic E-state index is 0.210. The van der Waals surface area contributed by atoms with Crippen LogP contribution < -0.4 is 0 Å². The van der Waals surface area contributed by atoms with E-state index >= 15 is 0 Å². The molecule has 0 bridgehead atoms. The molecule has 0 aliphatic heterocycles. The highest BCUT2D eigenvalue weighted by Crippen LogP contribution is 2.25. The van der Waals surface area contributed by atoms with E-state index in [4.69, 9.17) is 0 Å². The first-order valence-electron chi connectivity index (χ1n) is 6.83. The van der Waals surface area contributed by atoms with Crippen molar-refractivity contribution in [1.29, 1.82) is 0 Å². The molecular weight excluding hydrogens is 384 g/mol. The summed E-state index contributed by atoms with van der Waals surface area (Å²) >= 11 is 0. The number of rotatable bonds is 9. The van der Waals surface area contributed by atoms with Gasteiger partial charge in [0.2, 0.25) is 0 Å². The van der Waals surface area contributed by atoms with Gasteiger partial charge in [-0.05, 0) is 39.0 Å². The Labute approximate surface area is 141 Å². The lowest BCUT2D eigenvalue weighted by Crippen LogP contribution is -2.13. The van der Waals surface area contributed by atoms with E-state index in [1.807, 2.05) is 0 Å². The molecule has 0 aliphatic carbocycles. The molecule has 0 saturated carbocycles. The normalized spacial score (nSPS) is 13.1. The Bertz CT molecular complexity index is 752. The molecule has 0 spiro atoms. The molecule has 0 atom stereocenters. The first-order chi connectivity index (χ1) is 11.0. The highest BCUT2D eigenvalue weighted by molar-refractivity contribution is 7.88. The van der Waals surface area contributed by atoms with Crippen LogP contribution in [0.25, 0.3) is 0 Å². The van der Waals surface area contributed by atoms with Crippen LogP contribution in [0.2, 0.25) is 0 Å². The van der Waals surface area contributed by atoms with Gasteiger partial charge in [0.05, 0.1) is 34.5 Å². The number of benzene rings is 1. The SMILES string of the molecule is CCOS(=O)(=O)c1cc(S(=O)(=O)OCC)cc(S(=O)(=O)OCC)c1. The van der Waals surface area contributed by atoms with Crippen LogP contribution in [0.15, 0.2) is 32.9 Å². The average molecular weight is 402 g/mol. The van der Waals surface area contributed by atoms with Crippen molar-refractivity contribution >= 4 is 30.4 Å². The monoisotopic (exact) mass is 402 g/mol. The summed E-state index contributed by atoms with van der Waals surface area (Å²) in [5, 5.41) is 0. The topological polar surface area (TPSA) is 130 Å². The van der Waals surface area contributed by atoms with E-state index in [0.29, 0.717) is 0 Å². The zero-order valence-corrected chi connectivity index (χ0v) is 15.7. The molecule has 24 heavy (non-hydrogen) atoms. The Kier molecular flexibility index (Phi) is 6.90. The standard InChI is InChI=1S/C12H18O9S3/c1-4-19-22(13,14)10-7-11(23(15,16)20-5-2)9-12(8-10)24(17,18)21-6-3/h7-9H,4-6H2,1-3H3. The third kappa shape index (κ3) is 4.97. The second-order valence-electron chi connectivity index (χ2n) is 4.22. The van der Waals surface area contributed by atoms with Gasteiger partial charge in [-0.3, -0.25) is 12.5 Å². The van der Waals surface area contributed by atoms with Crippen molar-refractivity contribution in [3.05, 3.63) is 18.2 Å². The van der Waals surface area contributed by atoms with Crippen LogP contribution in [0.4, 0.5) is 0 Å². The highest BCUT2D eigenvalue weighted by Gasteiger charge is 2.26. The maximum absolute atomic E-state index is 12.0. The Balaban J connectivity index is 3.70. The predicted molar refractivity (Wildman–Crippen MR) is 82.9 cm³/mol. The quantitative estimate of drug-likeness (QED) is 0.552. The molecule has 0 N–H and O–H groups in total. The molecule has 0 amide bonds. The van der Waals surface area contributed by atoms with Crippen LogP contribution in [0.1, 0.15) is 20.8 Å². The van der Waals surface area contributed by atoms with Crippen molar-refractivity contribution in [3.8, 4) is 0 Å². The van der Waals surface area contributed by atoms with Gasteiger partial charge < -0.3 is 0 Å². The molecule has 1 rings (SSSR count). The molecule has 138 valence electrons. The number of hydrogen-bond donors (Lipinski definition) is 0. The zero-order chi connectivity index (χ0) is 18.6. The van der Waals surface area contributed by atoms with Crippen LogP contribution in [0.5, 0.6) is 0 Å². The van der Waals surface area contributed by atoms with E-state index in [1.165, 1.54) is 20.8 Å². The van der Waals surface area contributed by atoms with Crippen LogP contribution in [0.3, 0.4) is 0 Å². The Hall–Kier alpha value is -1.05. The first kappa shape index (κ1) is 21.0. The van der Waals surface area contributed by atoms with Gasteiger partial charge in [-0.1, -0.05) is 0 Å². The van der Waals surface area contributed by atoms with Crippen LogP contribution in [0, 0.1) is 0 Å². The van der Waals surface area contributed by atoms with Gasteiger partial charge in [0, 0.05) is 0 Å². The fraction of sp³-hybridized carbons (Fsp3) is 0.500. The Morgan fingerprint density at radius 1 is 0.583 bits per heavy atom. The molecule has 0 saturated heterocycles. The lowest BCUT2D eigenvalue weighted by atomic mass is 10.4. The Morgan fingerprint density at radius 3 is 0.958 bits per heavy atom. The molecule has 9 nitrogen and oxygen atoms in total. The van der Waals surface area contributed by atoms with Gasteiger partial charge in [-0.2, -0.15) is 25.3 Å². The van der Waals surface area contributed by atoms with Crippen molar-refractivity contribution in [2.75, 3.05) is 19.8 Å². The average Bonchev–Trinajstić information content (AvgIpc) is 2.46. The molecule has 1 aromatic rings. The van der Waals surface area contributed by atoms with Crippen LogP contribution in [-0.2, 0) is 42.9 Å². The van der Waals surface area contributed by atoms with Crippen molar-refractivity contribution < 1.29 is 37.8 Å². The molecule has 0 fully saturated rings. The van der Waals surface area contributed by atoms with Gasteiger partial charge in [-0.15, -0.1) is 0 Å². The molecular formula is C12H18O9S3. The smallest absolute Gasteiger partial charge is 0.267 e. The molecule has 0 aromatic heterocycles. The third-order valence-corrected chi connectivity index (χ3v) is 6.62. The largest absolute Gasteiger partial charge is 0.297 e. The minimum Gasteiger partial charge on any atom is -0.267 e. The lowest BCUT2D eigenvalue weighted by molar-refractivity contribution is 0.335. The summed E-state index contributed by atoms with van der Waals surface area (Å²) < 4.78 is 85.8. The van der Waals surface area contributed by atoms with Crippen molar-refractivity contribution in [1.82, 2.24) is 0 Å². The summed E-state index contributed by atoms with van der Waals surface area (Å²) in [7, 11) is -13.0. The van der Waals surface area contributed by atoms with Gasteiger partial charge >= 0.3 is 0 Å². The highest BCUT2D eigenvalue weighted by atomic mass is 32.2. The van der Waals surface area contributed by atoms with Crippen molar-refractivity contribution in [2.45, 2.75) is 35.5 Å². The summed E-state index contributed by atoms with van der Waals surface area (Å²) in [6, 6.07) is 2.29. The molecule has 0 radical (unpaired) electrons. The molecule has 12 heteroatoms. The molecule has 0 aliphatic rings. The van der Waals surface area contributed by atoms with Crippen molar-refractivity contribution in [3.63, 3.8) is 0 Å². The maximum atomic E-state index is 12.0. The van der Waals surface area contributed by atoms with E-state index in [1.54, 1.807) is 0 Å². The summed E-state index contributed by atoms with van der Waals surface area (Å²) in [6.45, 7) is 3.61. The first-order valence-corrected chi connectivity index (χ1v) is 11.1. The minimum atomic E-state index is -4.35. The van der Waals surface area contributed by atoms with Gasteiger partial charge in [0.15, 0.2) is 0 Å². The fourth-order valence-electron chi connectivity index (χ4n) is 1.65.